The van der Waals surface area contributed by atoms with Crippen LogP contribution in [0.25, 0.3) is 22.2 Å². The summed E-state index contributed by atoms with van der Waals surface area (Å²) in [6, 6.07) is 13.0. The molecule has 0 aliphatic carbocycles. The predicted octanol–water partition coefficient (Wildman–Crippen LogP) is 3.62. The number of nitrogens with two attached hydrogens (primary N) is 1. The number of aromatic hydroxyl groups is 1. The lowest BCUT2D eigenvalue weighted by Gasteiger charge is -2.09. The summed E-state index contributed by atoms with van der Waals surface area (Å²) < 4.78 is 7.44. The van der Waals surface area contributed by atoms with Gasteiger partial charge in [-0.1, -0.05) is 12.1 Å². The van der Waals surface area contributed by atoms with E-state index in [2.05, 4.69) is 11.5 Å². The lowest BCUT2D eigenvalue weighted by atomic mass is 10.1. The van der Waals surface area contributed by atoms with Crippen LogP contribution in [0.15, 0.2) is 42.5 Å². The number of rotatable bonds is 3. The Balaban J connectivity index is 2.34. The molecular weight excluding hydrogens is 264 g/mol. The quantitative estimate of drug-likeness (QED) is 0.771. The number of nitrogen functional groups attached to an aromatic ring is 1. The molecule has 0 fully saturated rings. The van der Waals surface area contributed by atoms with Gasteiger partial charge in [-0.3, -0.25) is 0 Å². The first kappa shape index (κ1) is 13.4. The molecule has 0 radical (unpaired) electrons. The number of methoxy groups -OCH3 is 1. The van der Waals surface area contributed by atoms with E-state index in [0.717, 1.165) is 40.1 Å². The molecule has 3 N–H and O–H groups in total. The average Bonchev–Trinajstić information content (AvgIpc) is 2.79. The van der Waals surface area contributed by atoms with E-state index in [1.807, 2.05) is 30.3 Å². The van der Waals surface area contributed by atoms with Crippen LogP contribution in [-0.2, 0) is 6.54 Å². The fourth-order valence-electron chi connectivity index (χ4n) is 2.78. The fourth-order valence-corrected chi connectivity index (χ4v) is 2.78. The Hall–Kier alpha value is -2.62. The number of phenols is 1. The molecule has 108 valence electrons. The first-order valence-corrected chi connectivity index (χ1v) is 6.90. The van der Waals surface area contributed by atoms with E-state index < -0.39 is 0 Å². The summed E-state index contributed by atoms with van der Waals surface area (Å²) in [5, 5.41) is 10.7. The molecule has 0 spiro atoms. The summed E-state index contributed by atoms with van der Waals surface area (Å²) in [7, 11) is 1.65. The van der Waals surface area contributed by atoms with Crippen LogP contribution in [0.1, 0.15) is 6.92 Å². The lowest BCUT2D eigenvalue weighted by molar-refractivity contribution is 0.415. The van der Waals surface area contributed by atoms with Gasteiger partial charge >= 0.3 is 0 Å². The second-order valence-corrected chi connectivity index (χ2v) is 4.94. The van der Waals surface area contributed by atoms with Gasteiger partial charge in [-0.05, 0) is 31.2 Å². The van der Waals surface area contributed by atoms with E-state index in [-0.39, 0.29) is 5.75 Å². The van der Waals surface area contributed by atoms with Gasteiger partial charge in [0.2, 0.25) is 0 Å². The minimum Gasteiger partial charge on any atom is -0.508 e. The highest BCUT2D eigenvalue weighted by molar-refractivity contribution is 6.01. The highest BCUT2D eigenvalue weighted by Gasteiger charge is 2.16. The Kier molecular flexibility index (Phi) is 3.22. The number of ether oxygens (including phenoxy) is 1. The molecule has 21 heavy (non-hydrogen) atoms. The van der Waals surface area contributed by atoms with Gasteiger partial charge in [0.1, 0.15) is 11.5 Å². The Labute approximate surface area is 123 Å². The Morgan fingerprint density at radius 3 is 2.67 bits per heavy atom. The van der Waals surface area contributed by atoms with E-state index in [1.54, 1.807) is 19.2 Å². The van der Waals surface area contributed by atoms with Crippen LogP contribution in [0.3, 0.4) is 0 Å². The number of hydrogen-bond donors (Lipinski definition) is 2. The highest BCUT2D eigenvalue weighted by atomic mass is 16.5. The van der Waals surface area contributed by atoms with E-state index in [0.29, 0.717) is 0 Å². The number of aromatic nitrogens is 1. The van der Waals surface area contributed by atoms with Crippen LogP contribution < -0.4 is 10.5 Å². The summed E-state index contributed by atoms with van der Waals surface area (Å²) in [6.07, 6.45) is 0. The summed E-state index contributed by atoms with van der Waals surface area (Å²) >= 11 is 0. The van der Waals surface area contributed by atoms with Gasteiger partial charge in [-0.25, -0.2) is 0 Å². The molecule has 0 saturated heterocycles. The van der Waals surface area contributed by atoms with Gasteiger partial charge < -0.3 is 20.1 Å². The van der Waals surface area contributed by atoms with Crippen molar-refractivity contribution in [3.63, 3.8) is 0 Å². The normalized spacial score (nSPS) is 11.0. The molecule has 3 rings (SSSR count). The van der Waals surface area contributed by atoms with Crippen LogP contribution in [0.4, 0.5) is 5.69 Å². The number of hydrogen-bond acceptors (Lipinski definition) is 3. The van der Waals surface area contributed by atoms with Crippen LogP contribution in [-0.4, -0.2) is 16.8 Å². The maximum absolute atomic E-state index is 9.72. The van der Waals surface area contributed by atoms with E-state index in [9.17, 15) is 5.11 Å². The minimum absolute atomic E-state index is 0.234. The van der Waals surface area contributed by atoms with E-state index in [1.165, 1.54) is 0 Å². The van der Waals surface area contributed by atoms with Gasteiger partial charge in [0.05, 0.1) is 24.0 Å². The first-order valence-electron chi connectivity index (χ1n) is 6.90. The molecule has 0 aliphatic rings. The SMILES string of the molecule is CCn1c(-c2cccc(O)c2)c(N)c2ccc(OC)cc21. The van der Waals surface area contributed by atoms with Crippen molar-refractivity contribution in [1.29, 1.82) is 0 Å². The van der Waals surface area contributed by atoms with Crippen molar-refractivity contribution in [2.45, 2.75) is 13.5 Å². The Morgan fingerprint density at radius 2 is 2.00 bits per heavy atom. The van der Waals surface area contributed by atoms with Crippen LogP contribution in [0, 0.1) is 0 Å². The highest BCUT2D eigenvalue weighted by Crippen LogP contribution is 2.38. The first-order chi connectivity index (χ1) is 10.2. The van der Waals surface area contributed by atoms with Crippen molar-refractivity contribution in [3.8, 4) is 22.8 Å². The molecule has 0 amide bonds. The molecule has 4 heteroatoms. The third-order valence-electron chi connectivity index (χ3n) is 3.75. The number of benzene rings is 2. The molecule has 0 unspecified atom stereocenters. The van der Waals surface area contributed by atoms with Gasteiger partial charge in [0, 0.05) is 23.6 Å². The Morgan fingerprint density at radius 1 is 1.19 bits per heavy atom. The number of aryl methyl sites for hydroxylation is 1. The molecule has 0 saturated carbocycles. The van der Waals surface area contributed by atoms with E-state index >= 15 is 0 Å². The number of phenolic OH excluding ortho intramolecular Hbond substituents is 1. The smallest absolute Gasteiger partial charge is 0.120 e. The molecule has 4 nitrogen and oxygen atoms in total. The molecule has 2 aromatic carbocycles. The van der Waals surface area contributed by atoms with Crippen molar-refractivity contribution in [3.05, 3.63) is 42.5 Å². The van der Waals surface area contributed by atoms with Crippen molar-refractivity contribution in [2.24, 2.45) is 0 Å². The zero-order valence-electron chi connectivity index (χ0n) is 12.1. The average molecular weight is 282 g/mol. The molecule has 0 atom stereocenters. The second-order valence-electron chi connectivity index (χ2n) is 4.94. The van der Waals surface area contributed by atoms with Gasteiger partial charge in [0.25, 0.3) is 0 Å². The maximum atomic E-state index is 9.72. The molecular formula is C17H18N2O2. The van der Waals surface area contributed by atoms with Crippen LogP contribution >= 0.6 is 0 Å². The molecule has 1 heterocycles. The van der Waals surface area contributed by atoms with E-state index in [4.69, 9.17) is 10.5 Å². The molecule has 1 aromatic heterocycles. The minimum atomic E-state index is 0.234. The summed E-state index contributed by atoms with van der Waals surface area (Å²) in [4.78, 5) is 0. The molecule has 0 bridgehead atoms. The summed E-state index contributed by atoms with van der Waals surface area (Å²) in [6.45, 7) is 2.86. The fraction of sp³-hybridized carbons (Fsp3) is 0.176. The topological polar surface area (TPSA) is 60.4 Å². The molecule has 3 aromatic rings. The predicted molar refractivity (Wildman–Crippen MR) is 85.7 cm³/mol. The number of nitrogens with zero attached hydrogens (tertiary/aromatic N) is 1. The van der Waals surface area contributed by atoms with Gasteiger partial charge in [-0.15, -0.1) is 0 Å². The van der Waals surface area contributed by atoms with Crippen molar-refractivity contribution in [1.82, 2.24) is 4.57 Å². The van der Waals surface area contributed by atoms with Gasteiger partial charge in [0.15, 0.2) is 0 Å². The summed E-state index contributed by atoms with van der Waals surface area (Å²) in [5.41, 5.74) is 9.94. The zero-order valence-corrected chi connectivity index (χ0v) is 12.1. The Bertz CT molecular complexity index is 806. The number of anilines is 1. The summed E-state index contributed by atoms with van der Waals surface area (Å²) in [5.74, 6) is 1.04. The van der Waals surface area contributed by atoms with Crippen LogP contribution in [0.2, 0.25) is 0 Å². The second kappa shape index (κ2) is 5.05. The van der Waals surface area contributed by atoms with Crippen molar-refractivity contribution < 1.29 is 9.84 Å². The van der Waals surface area contributed by atoms with Crippen LogP contribution in [0.5, 0.6) is 11.5 Å². The largest absolute Gasteiger partial charge is 0.508 e. The third-order valence-corrected chi connectivity index (χ3v) is 3.75. The molecule has 0 aliphatic heterocycles. The monoisotopic (exact) mass is 282 g/mol. The zero-order chi connectivity index (χ0) is 15.0. The number of fused-ring (bicyclic) bond motifs is 1. The van der Waals surface area contributed by atoms with Crippen molar-refractivity contribution >= 4 is 16.6 Å². The maximum Gasteiger partial charge on any atom is 0.120 e. The van der Waals surface area contributed by atoms with Crippen molar-refractivity contribution in [2.75, 3.05) is 12.8 Å². The van der Waals surface area contributed by atoms with Gasteiger partial charge in [-0.2, -0.15) is 0 Å². The lowest BCUT2D eigenvalue weighted by Crippen LogP contribution is -1.98. The third kappa shape index (κ3) is 2.09. The standard InChI is InChI=1S/C17H18N2O2/c1-3-19-15-10-13(21-2)7-8-14(15)16(18)17(19)11-5-4-6-12(20)9-11/h4-10,20H,3,18H2,1-2H3.